The summed E-state index contributed by atoms with van der Waals surface area (Å²) in [7, 11) is -3.48. The molecular weight excluding hydrogens is 441 g/mol. The maximum absolute atomic E-state index is 11.0. The quantitative estimate of drug-likeness (QED) is 0.326. The first-order valence-corrected chi connectivity index (χ1v) is 9.55. The molecule has 0 spiro atoms. The van der Waals surface area contributed by atoms with Crippen LogP contribution in [-0.4, -0.2) is 52.4 Å². The van der Waals surface area contributed by atoms with E-state index in [-0.39, 0.29) is 42.3 Å². The van der Waals surface area contributed by atoms with Gasteiger partial charge in [-0.05, 0) is 25.5 Å². The molecule has 1 aliphatic heterocycles. The van der Waals surface area contributed by atoms with Gasteiger partial charge in [-0.2, -0.15) is 0 Å². The van der Waals surface area contributed by atoms with Crippen LogP contribution in [0.1, 0.15) is 13.3 Å². The standard InChI is InChI=1S/C15H25N5O2S.HI/c1-2-17-15(18-9-11-23(16,21)22)19-13-8-10-20(12-13)14-6-4-3-5-7-14;/h3-7,13H,2,8-12H2,1H3,(H2,16,21,22)(H2,17,18,19);1H. The van der Waals surface area contributed by atoms with E-state index in [0.29, 0.717) is 5.96 Å². The number of nitrogens with two attached hydrogens (primary N) is 1. The lowest BCUT2D eigenvalue weighted by Crippen LogP contribution is -2.44. The lowest BCUT2D eigenvalue weighted by molar-refractivity contribution is 0.597. The van der Waals surface area contributed by atoms with Crippen LogP contribution in [0.4, 0.5) is 5.69 Å². The van der Waals surface area contributed by atoms with E-state index in [1.165, 1.54) is 5.69 Å². The average molecular weight is 467 g/mol. The molecule has 4 N–H and O–H groups in total. The second-order valence-corrected chi connectivity index (χ2v) is 7.27. The van der Waals surface area contributed by atoms with Gasteiger partial charge in [0.05, 0.1) is 12.3 Å². The molecule has 0 amide bonds. The number of benzene rings is 1. The van der Waals surface area contributed by atoms with E-state index >= 15 is 0 Å². The van der Waals surface area contributed by atoms with E-state index in [4.69, 9.17) is 5.14 Å². The average Bonchev–Trinajstić information content (AvgIpc) is 2.95. The van der Waals surface area contributed by atoms with Crippen LogP contribution in [0.5, 0.6) is 0 Å². The van der Waals surface area contributed by atoms with Gasteiger partial charge in [0, 0.05) is 31.4 Å². The molecule has 9 heteroatoms. The molecular formula is C15H26IN5O2S. The summed E-state index contributed by atoms with van der Waals surface area (Å²) in [5.74, 6) is 0.487. The largest absolute Gasteiger partial charge is 0.369 e. The van der Waals surface area contributed by atoms with Gasteiger partial charge in [-0.25, -0.2) is 13.6 Å². The Balaban J connectivity index is 0.00000288. The zero-order valence-corrected chi connectivity index (χ0v) is 17.0. The fraction of sp³-hybridized carbons (Fsp3) is 0.533. The Bertz CT molecular complexity index is 624. The highest BCUT2D eigenvalue weighted by molar-refractivity contribution is 14.0. The first kappa shape index (κ1) is 21.0. The third-order valence-electron chi connectivity index (χ3n) is 3.64. The molecule has 0 saturated carbocycles. The van der Waals surface area contributed by atoms with Gasteiger partial charge in [0.15, 0.2) is 5.96 Å². The van der Waals surface area contributed by atoms with Crippen LogP contribution in [0.2, 0.25) is 0 Å². The number of guanidine groups is 1. The van der Waals surface area contributed by atoms with Crippen LogP contribution < -0.4 is 20.7 Å². The molecule has 24 heavy (non-hydrogen) atoms. The van der Waals surface area contributed by atoms with Crippen molar-refractivity contribution in [1.29, 1.82) is 0 Å². The van der Waals surface area contributed by atoms with Crippen LogP contribution in [-0.2, 0) is 10.0 Å². The minimum absolute atomic E-state index is 0. The number of sulfonamides is 1. The van der Waals surface area contributed by atoms with Gasteiger partial charge in [0.1, 0.15) is 0 Å². The molecule has 1 unspecified atom stereocenters. The van der Waals surface area contributed by atoms with Gasteiger partial charge in [-0.15, -0.1) is 24.0 Å². The molecule has 1 aromatic carbocycles. The summed E-state index contributed by atoms with van der Waals surface area (Å²) in [5, 5.41) is 11.5. The summed E-state index contributed by atoms with van der Waals surface area (Å²) in [6, 6.07) is 10.6. The summed E-state index contributed by atoms with van der Waals surface area (Å²) < 4.78 is 22.0. The minimum Gasteiger partial charge on any atom is -0.369 e. The molecule has 1 saturated heterocycles. The SMILES string of the molecule is CCNC(=NCCS(N)(=O)=O)NC1CCN(c2ccccc2)C1.I. The summed E-state index contributed by atoms with van der Waals surface area (Å²) >= 11 is 0. The predicted molar refractivity (Wildman–Crippen MR) is 110 cm³/mol. The van der Waals surface area contributed by atoms with Gasteiger partial charge in [-0.1, -0.05) is 18.2 Å². The summed E-state index contributed by atoms with van der Waals surface area (Å²) in [6.45, 7) is 4.73. The Kier molecular flexibility index (Phi) is 8.78. The third-order valence-corrected chi connectivity index (χ3v) is 4.39. The Hall–Kier alpha value is -1.07. The molecule has 1 aliphatic rings. The van der Waals surface area contributed by atoms with Crippen molar-refractivity contribution in [2.75, 3.05) is 36.8 Å². The second-order valence-electron chi connectivity index (χ2n) is 5.54. The lowest BCUT2D eigenvalue weighted by atomic mass is 10.3. The number of nitrogens with zero attached hydrogens (tertiary/aromatic N) is 2. The predicted octanol–water partition coefficient (Wildman–Crippen LogP) is 0.727. The number of aliphatic imine (C=N–C) groups is 1. The van der Waals surface area contributed by atoms with Gasteiger partial charge in [-0.3, -0.25) is 4.99 Å². The Morgan fingerprint density at radius 1 is 1.38 bits per heavy atom. The Labute approximate surface area is 161 Å². The van der Waals surface area contributed by atoms with E-state index < -0.39 is 10.0 Å². The Morgan fingerprint density at radius 3 is 2.71 bits per heavy atom. The number of hydrogen-bond acceptors (Lipinski definition) is 4. The van der Waals surface area contributed by atoms with Crippen molar-refractivity contribution in [3.63, 3.8) is 0 Å². The van der Waals surface area contributed by atoms with Crippen LogP contribution >= 0.6 is 24.0 Å². The normalized spacial score (nSPS) is 18.2. The maximum atomic E-state index is 11.0. The Morgan fingerprint density at radius 2 is 2.08 bits per heavy atom. The van der Waals surface area contributed by atoms with Crippen LogP contribution in [0.25, 0.3) is 0 Å². The van der Waals surface area contributed by atoms with E-state index in [1.807, 2.05) is 25.1 Å². The highest BCUT2D eigenvalue weighted by Gasteiger charge is 2.23. The van der Waals surface area contributed by atoms with Crippen molar-refractivity contribution in [3.05, 3.63) is 30.3 Å². The highest BCUT2D eigenvalue weighted by atomic mass is 127. The van der Waals surface area contributed by atoms with Crippen LogP contribution in [0.3, 0.4) is 0 Å². The van der Waals surface area contributed by atoms with E-state index in [1.54, 1.807) is 0 Å². The highest BCUT2D eigenvalue weighted by Crippen LogP contribution is 2.19. The number of para-hydroxylation sites is 1. The number of halogens is 1. The van der Waals surface area contributed by atoms with Crippen molar-refractivity contribution < 1.29 is 8.42 Å². The minimum atomic E-state index is -3.48. The molecule has 0 radical (unpaired) electrons. The van der Waals surface area contributed by atoms with E-state index in [9.17, 15) is 8.42 Å². The maximum Gasteiger partial charge on any atom is 0.210 e. The second kappa shape index (κ2) is 10.0. The molecule has 0 bridgehead atoms. The number of primary sulfonamides is 1. The number of rotatable bonds is 6. The van der Waals surface area contributed by atoms with Gasteiger partial charge in [0.25, 0.3) is 0 Å². The topological polar surface area (TPSA) is 99.8 Å². The smallest absolute Gasteiger partial charge is 0.210 e. The number of nitrogens with one attached hydrogen (secondary N) is 2. The fourth-order valence-electron chi connectivity index (χ4n) is 2.55. The molecule has 1 atom stereocenters. The third kappa shape index (κ3) is 7.22. The van der Waals surface area contributed by atoms with Gasteiger partial charge >= 0.3 is 0 Å². The first-order valence-electron chi connectivity index (χ1n) is 7.83. The van der Waals surface area contributed by atoms with E-state index in [2.05, 4.69) is 32.7 Å². The van der Waals surface area contributed by atoms with Crippen molar-refractivity contribution in [2.24, 2.45) is 10.1 Å². The van der Waals surface area contributed by atoms with Gasteiger partial charge < -0.3 is 15.5 Å². The number of hydrogen-bond donors (Lipinski definition) is 3. The van der Waals surface area contributed by atoms with Crippen LogP contribution in [0.15, 0.2) is 35.3 Å². The van der Waals surface area contributed by atoms with Crippen molar-refractivity contribution >= 4 is 45.6 Å². The monoisotopic (exact) mass is 467 g/mol. The lowest BCUT2D eigenvalue weighted by Gasteiger charge is -2.20. The van der Waals surface area contributed by atoms with Gasteiger partial charge in [0.2, 0.25) is 10.0 Å². The zero-order chi connectivity index (χ0) is 16.7. The summed E-state index contributed by atoms with van der Waals surface area (Å²) in [6.07, 6.45) is 1.01. The molecule has 0 aromatic heterocycles. The van der Waals surface area contributed by atoms with Crippen molar-refractivity contribution in [1.82, 2.24) is 10.6 Å². The molecule has 1 fully saturated rings. The molecule has 136 valence electrons. The summed E-state index contributed by atoms with van der Waals surface area (Å²) in [4.78, 5) is 6.60. The molecule has 1 heterocycles. The van der Waals surface area contributed by atoms with Crippen molar-refractivity contribution in [3.8, 4) is 0 Å². The first-order chi connectivity index (χ1) is 11.0. The fourth-order valence-corrected chi connectivity index (χ4v) is 2.90. The molecule has 1 aromatic rings. The van der Waals surface area contributed by atoms with E-state index in [0.717, 1.165) is 26.1 Å². The summed E-state index contributed by atoms with van der Waals surface area (Å²) in [5.41, 5.74) is 1.22. The molecule has 0 aliphatic carbocycles. The van der Waals surface area contributed by atoms with Crippen molar-refractivity contribution in [2.45, 2.75) is 19.4 Å². The van der Waals surface area contributed by atoms with Crippen LogP contribution in [0, 0.1) is 0 Å². The number of anilines is 1. The zero-order valence-electron chi connectivity index (χ0n) is 13.8. The molecule has 2 rings (SSSR count). The molecule has 7 nitrogen and oxygen atoms in total.